The molecule has 124 valence electrons. The third kappa shape index (κ3) is 6.07. The SMILES string of the molecule is CCCOC(=O)CCSc1nnc(Nc2ccc(OC)cc2)s1. The van der Waals surface area contributed by atoms with Gasteiger partial charge in [-0.2, -0.15) is 0 Å². The first-order valence-electron chi connectivity index (χ1n) is 7.24. The Labute approximate surface area is 143 Å². The number of nitrogens with one attached hydrogen (secondary N) is 1. The van der Waals surface area contributed by atoms with Gasteiger partial charge in [0.25, 0.3) is 0 Å². The van der Waals surface area contributed by atoms with Crippen molar-refractivity contribution in [2.24, 2.45) is 0 Å². The lowest BCUT2D eigenvalue weighted by Crippen LogP contribution is -2.05. The number of methoxy groups -OCH3 is 1. The molecule has 23 heavy (non-hydrogen) atoms. The number of esters is 1. The second-order valence-corrected chi connectivity index (χ2v) is 6.87. The fraction of sp³-hybridized carbons (Fsp3) is 0.400. The number of hydrogen-bond donors (Lipinski definition) is 1. The molecule has 2 aromatic rings. The van der Waals surface area contributed by atoms with E-state index in [4.69, 9.17) is 9.47 Å². The molecule has 0 amide bonds. The van der Waals surface area contributed by atoms with Gasteiger partial charge >= 0.3 is 5.97 Å². The maximum absolute atomic E-state index is 11.4. The molecule has 0 aliphatic heterocycles. The van der Waals surface area contributed by atoms with E-state index in [1.54, 1.807) is 7.11 Å². The minimum Gasteiger partial charge on any atom is -0.497 e. The average Bonchev–Trinajstić information content (AvgIpc) is 3.01. The van der Waals surface area contributed by atoms with E-state index >= 15 is 0 Å². The first kappa shape index (κ1) is 17.6. The summed E-state index contributed by atoms with van der Waals surface area (Å²) in [4.78, 5) is 11.4. The van der Waals surface area contributed by atoms with Gasteiger partial charge in [-0.25, -0.2) is 0 Å². The van der Waals surface area contributed by atoms with Crippen LogP contribution in [-0.4, -0.2) is 35.6 Å². The molecule has 0 spiro atoms. The number of benzene rings is 1. The molecule has 0 saturated heterocycles. The molecule has 0 unspecified atom stereocenters. The lowest BCUT2D eigenvalue weighted by Gasteiger charge is -2.03. The Morgan fingerprint density at radius 3 is 2.78 bits per heavy atom. The van der Waals surface area contributed by atoms with Crippen LogP contribution in [0.25, 0.3) is 0 Å². The van der Waals surface area contributed by atoms with Crippen LogP contribution in [-0.2, 0) is 9.53 Å². The summed E-state index contributed by atoms with van der Waals surface area (Å²) >= 11 is 2.96. The molecule has 0 atom stereocenters. The van der Waals surface area contributed by atoms with Gasteiger partial charge in [0.2, 0.25) is 5.13 Å². The van der Waals surface area contributed by atoms with Gasteiger partial charge in [-0.15, -0.1) is 10.2 Å². The number of nitrogens with zero attached hydrogens (tertiary/aromatic N) is 2. The van der Waals surface area contributed by atoms with Crippen LogP contribution in [0.1, 0.15) is 19.8 Å². The third-order valence-electron chi connectivity index (χ3n) is 2.75. The number of rotatable bonds is 9. The third-order valence-corrected chi connectivity index (χ3v) is 4.72. The summed E-state index contributed by atoms with van der Waals surface area (Å²) in [6.45, 7) is 2.46. The lowest BCUT2D eigenvalue weighted by molar-refractivity contribution is -0.143. The normalized spacial score (nSPS) is 10.3. The minimum atomic E-state index is -0.166. The molecule has 0 bridgehead atoms. The molecule has 0 aliphatic carbocycles. The Balaban J connectivity index is 1.77. The van der Waals surface area contributed by atoms with Crippen molar-refractivity contribution in [2.75, 3.05) is 24.8 Å². The minimum absolute atomic E-state index is 0.166. The van der Waals surface area contributed by atoms with Crippen molar-refractivity contribution in [1.29, 1.82) is 0 Å². The van der Waals surface area contributed by atoms with Crippen molar-refractivity contribution < 1.29 is 14.3 Å². The first-order valence-corrected chi connectivity index (χ1v) is 9.04. The summed E-state index contributed by atoms with van der Waals surface area (Å²) in [6, 6.07) is 7.58. The highest BCUT2D eigenvalue weighted by molar-refractivity contribution is 8.01. The predicted molar refractivity (Wildman–Crippen MR) is 92.8 cm³/mol. The summed E-state index contributed by atoms with van der Waals surface area (Å²) in [7, 11) is 1.63. The first-order chi connectivity index (χ1) is 11.2. The Morgan fingerprint density at radius 1 is 1.30 bits per heavy atom. The molecule has 6 nitrogen and oxygen atoms in total. The van der Waals surface area contributed by atoms with Gasteiger partial charge < -0.3 is 14.8 Å². The van der Waals surface area contributed by atoms with Crippen molar-refractivity contribution >= 4 is 39.9 Å². The highest BCUT2D eigenvalue weighted by atomic mass is 32.2. The lowest BCUT2D eigenvalue weighted by atomic mass is 10.3. The molecular weight excluding hydrogens is 334 g/mol. The number of thioether (sulfide) groups is 1. The standard InChI is InChI=1S/C15H19N3O3S2/c1-3-9-21-13(19)8-10-22-15-18-17-14(23-15)16-11-4-6-12(20-2)7-5-11/h4-7H,3,8-10H2,1-2H3,(H,16,17). The van der Waals surface area contributed by atoms with Crippen molar-refractivity contribution in [2.45, 2.75) is 24.1 Å². The molecule has 0 fully saturated rings. The van der Waals surface area contributed by atoms with E-state index in [1.165, 1.54) is 23.1 Å². The van der Waals surface area contributed by atoms with Crippen LogP contribution in [0.5, 0.6) is 5.75 Å². The van der Waals surface area contributed by atoms with Gasteiger partial charge in [0.1, 0.15) is 5.75 Å². The van der Waals surface area contributed by atoms with Gasteiger partial charge in [0.05, 0.1) is 20.1 Å². The molecule has 0 aliphatic rings. The Bertz CT molecular complexity index is 617. The van der Waals surface area contributed by atoms with Crippen molar-refractivity contribution in [1.82, 2.24) is 10.2 Å². The van der Waals surface area contributed by atoms with Crippen molar-refractivity contribution in [3.05, 3.63) is 24.3 Å². The van der Waals surface area contributed by atoms with Crippen LogP contribution in [0.15, 0.2) is 28.6 Å². The molecule has 1 aromatic carbocycles. The van der Waals surface area contributed by atoms with Gasteiger partial charge in [-0.1, -0.05) is 30.0 Å². The van der Waals surface area contributed by atoms with Crippen molar-refractivity contribution in [3.8, 4) is 5.75 Å². The van der Waals surface area contributed by atoms with E-state index in [0.717, 1.165) is 22.2 Å². The van der Waals surface area contributed by atoms with Crippen molar-refractivity contribution in [3.63, 3.8) is 0 Å². The zero-order chi connectivity index (χ0) is 16.5. The summed E-state index contributed by atoms with van der Waals surface area (Å²) in [5, 5.41) is 12.1. The van der Waals surface area contributed by atoms with Gasteiger partial charge in [-0.3, -0.25) is 4.79 Å². The fourth-order valence-electron chi connectivity index (χ4n) is 1.63. The summed E-state index contributed by atoms with van der Waals surface area (Å²) in [5.41, 5.74) is 0.918. The molecule has 0 radical (unpaired) electrons. The predicted octanol–water partition coefficient (Wildman–Crippen LogP) is 3.73. The highest BCUT2D eigenvalue weighted by Crippen LogP contribution is 2.28. The number of anilines is 2. The van der Waals surface area contributed by atoms with Crippen LogP contribution in [0, 0.1) is 0 Å². The quantitative estimate of drug-likeness (QED) is 0.544. The number of aromatic nitrogens is 2. The summed E-state index contributed by atoms with van der Waals surface area (Å²) < 4.78 is 11.0. The van der Waals surface area contributed by atoms with Crippen LogP contribution < -0.4 is 10.1 Å². The number of carbonyl (C=O) groups excluding carboxylic acids is 1. The van der Waals surface area contributed by atoms with Crippen LogP contribution in [0.2, 0.25) is 0 Å². The molecule has 0 saturated carbocycles. The van der Waals surface area contributed by atoms with Crippen LogP contribution >= 0.6 is 23.1 Å². The van der Waals surface area contributed by atoms with Crippen LogP contribution in [0.3, 0.4) is 0 Å². The summed E-state index contributed by atoms with van der Waals surface area (Å²) in [5.74, 6) is 1.28. The second kappa shape index (κ2) is 9.36. The Kier molecular flexibility index (Phi) is 7.15. The average molecular weight is 353 g/mol. The highest BCUT2D eigenvalue weighted by Gasteiger charge is 2.08. The number of carbonyl (C=O) groups is 1. The van der Waals surface area contributed by atoms with E-state index in [2.05, 4.69) is 15.5 Å². The fourth-order valence-corrected chi connectivity index (χ4v) is 3.39. The topological polar surface area (TPSA) is 73.3 Å². The zero-order valence-electron chi connectivity index (χ0n) is 13.1. The molecular formula is C15H19N3O3S2. The second-order valence-electron chi connectivity index (χ2n) is 4.55. The van der Waals surface area contributed by atoms with E-state index < -0.39 is 0 Å². The summed E-state index contributed by atoms with van der Waals surface area (Å²) in [6.07, 6.45) is 1.22. The molecule has 1 aromatic heterocycles. The largest absolute Gasteiger partial charge is 0.497 e. The molecule has 8 heteroatoms. The number of hydrogen-bond acceptors (Lipinski definition) is 8. The maximum Gasteiger partial charge on any atom is 0.306 e. The van der Waals surface area contributed by atoms with Gasteiger partial charge in [0.15, 0.2) is 4.34 Å². The number of ether oxygens (including phenoxy) is 2. The molecule has 1 N–H and O–H groups in total. The van der Waals surface area contributed by atoms with Gasteiger partial charge in [-0.05, 0) is 30.7 Å². The maximum atomic E-state index is 11.4. The van der Waals surface area contributed by atoms with E-state index in [9.17, 15) is 4.79 Å². The monoisotopic (exact) mass is 353 g/mol. The molecule has 2 rings (SSSR count). The Morgan fingerprint density at radius 2 is 2.09 bits per heavy atom. The van der Waals surface area contributed by atoms with Crippen LogP contribution in [0.4, 0.5) is 10.8 Å². The van der Waals surface area contributed by atoms with E-state index in [-0.39, 0.29) is 5.97 Å². The van der Waals surface area contributed by atoms with E-state index in [0.29, 0.717) is 23.9 Å². The van der Waals surface area contributed by atoms with E-state index in [1.807, 2.05) is 31.2 Å². The smallest absolute Gasteiger partial charge is 0.306 e. The van der Waals surface area contributed by atoms with Gasteiger partial charge in [0, 0.05) is 11.4 Å². The Hall–Kier alpha value is -1.80. The molecule has 1 heterocycles. The zero-order valence-corrected chi connectivity index (χ0v) is 14.7.